The Balaban J connectivity index is 1.99. The smallest absolute Gasteiger partial charge is 0.261 e. The van der Waals surface area contributed by atoms with Gasteiger partial charge in [-0.3, -0.25) is 0 Å². The van der Waals surface area contributed by atoms with Crippen LogP contribution in [0.3, 0.4) is 0 Å². The highest BCUT2D eigenvalue weighted by atomic mass is 32.2. The van der Waals surface area contributed by atoms with Gasteiger partial charge in [0.25, 0.3) is 5.22 Å². The van der Waals surface area contributed by atoms with Gasteiger partial charge in [-0.15, -0.1) is 0 Å². The molecule has 0 aliphatic rings. The molecule has 1 atom stereocenters. The molecular formula is C16H15FN2OS. The third kappa shape index (κ3) is 2.80. The van der Waals surface area contributed by atoms with Crippen molar-refractivity contribution in [2.24, 2.45) is 0 Å². The minimum absolute atomic E-state index is 0.0851. The highest BCUT2D eigenvalue weighted by Crippen LogP contribution is 2.35. The number of nitrogens with one attached hydrogen (secondary N) is 1. The molecule has 1 unspecified atom stereocenters. The van der Waals surface area contributed by atoms with Gasteiger partial charge in [-0.2, -0.15) is 0 Å². The number of aromatic nitrogens is 1. The first-order chi connectivity index (χ1) is 10.2. The van der Waals surface area contributed by atoms with Crippen molar-refractivity contribution in [1.29, 1.82) is 0 Å². The van der Waals surface area contributed by atoms with E-state index in [4.69, 9.17) is 4.42 Å². The number of rotatable bonds is 4. The van der Waals surface area contributed by atoms with Gasteiger partial charge in [-0.25, -0.2) is 9.37 Å². The summed E-state index contributed by atoms with van der Waals surface area (Å²) in [5, 5.41) is 3.59. The second kappa shape index (κ2) is 5.87. The van der Waals surface area contributed by atoms with Crippen molar-refractivity contribution in [2.45, 2.75) is 23.1 Å². The van der Waals surface area contributed by atoms with E-state index in [0.717, 1.165) is 16.0 Å². The number of hydrogen-bond acceptors (Lipinski definition) is 4. The van der Waals surface area contributed by atoms with Gasteiger partial charge >= 0.3 is 0 Å². The first-order valence-electron chi connectivity index (χ1n) is 6.68. The third-order valence-corrected chi connectivity index (χ3v) is 4.28. The van der Waals surface area contributed by atoms with Crippen LogP contribution in [-0.4, -0.2) is 12.0 Å². The van der Waals surface area contributed by atoms with Crippen LogP contribution < -0.4 is 5.32 Å². The van der Waals surface area contributed by atoms with Crippen molar-refractivity contribution in [3.8, 4) is 0 Å². The number of para-hydroxylation sites is 2. The minimum atomic E-state index is -0.224. The lowest BCUT2D eigenvalue weighted by Crippen LogP contribution is -2.14. The Kier molecular flexibility index (Phi) is 3.94. The van der Waals surface area contributed by atoms with Crippen molar-refractivity contribution >= 4 is 22.9 Å². The molecule has 3 aromatic rings. The largest absolute Gasteiger partial charge is 0.431 e. The molecule has 0 amide bonds. The number of halogens is 1. The summed E-state index contributed by atoms with van der Waals surface area (Å²) < 4.78 is 19.8. The van der Waals surface area contributed by atoms with Crippen LogP contribution in [0.4, 0.5) is 4.39 Å². The van der Waals surface area contributed by atoms with Gasteiger partial charge in [-0.1, -0.05) is 18.2 Å². The molecule has 108 valence electrons. The van der Waals surface area contributed by atoms with E-state index in [1.807, 2.05) is 44.3 Å². The molecule has 0 spiro atoms. The summed E-state index contributed by atoms with van der Waals surface area (Å²) >= 11 is 1.34. The number of nitrogens with zero attached hydrogens (tertiary/aromatic N) is 1. The minimum Gasteiger partial charge on any atom is -0.431 e. The van der Waals surface area contributed by atoms with E-state index in [-0.39, 0.29) is 11.9 Å². The van der Waals surface area contributed by atoms with Crippen molar-refractivity contribution in [2.75, 3.05) is 7.05 Å². The van der Waals surface area contributed by atoms with E-state index in [0.29, 0.717) is 10.8 Å². The quantitative estimate of drug-likeness (QED) is 0.775. The van der Waals surface area contributed by atoms with Crippen LogP contribution >= 0.6 is 11.8 Å². The van der Waals surface area contributed by atoms with Crippen LogP contribution in [0.5, 0.6) is 0 Å². The topological polar surface area (TPSA) is 38.1 Å². The summed E-state index contributed by atoms with van der Waals surface area (Å²) in [5.74, 6) is -0.224. The van der Waals surface area contributed by atoms with Crippen LogP contribution in [0.2, 0.25) is 0 Å². The maximum atomic E-state index is 14.1. The van der Waals surface area contributed by atoms with Gasteiger partial charge in [0, 0.05) is 16.5 Å². The highest BCUT2D eigenvalue weighted by molar-refractivity contribution is 7.99. The van der Waals surface area contributed by atoms with Crippen molar-refractivity contribution < 1.29 is 8.81 Å². The Morgan fingerprint density at radius 1 is 1.19 bits per heavy atom. The summed E-state index contributed by atoms with van der Waals surface area (Å²) in [5.41, 5.74) is 2.17. The Morgan fingerprint density at radius 2 is 2.00 bits per heavy atom. The molecule has 0 bridgehead atoms. The summed E-state index contributed by atoms with van der Waals surface area (Å²) in [6.07, 6.45) is 0. The molecule has 0 aliphatic heterocycles. The van der Waals surface area contributed by atoms with Gasteiger partial charge in [0.1, 0.15) is 11.3 Å². The fraction of sp³-hybridized carbons (Fsp3) is 0.188. The predicted octanol–water partition coefficient (Wildman–Crippen LogP) is 4.40. The molecule has 0 saturated carbocycles. The van der Waals surface area contributed by atoms with Crippen LogP contribution in [0.1, 0.15) is 18.5 Å². The molecular weight excluding hydrogens is 287 g/mol. The van der Waals surface area contributed by atoms with Gasteiger partial charge < -0.3 is 9.73 Å². The molecule has 1 heterocycles. The fourth-order valence-electron chi connectivity index (χ4n) is 2.16. The second-order valence-electron chi connectivity index (χ2n) is 4.71. The average molecular weight is 302 g/mol. The molecule has 3 rings (SSSR count). The zero-order valence-electron chi connectivity index (χ0n) is 11.8. The van der Waals surface area contributed by atoms with E-state index in [2.05, 4.69) is 10.3 Å². The number of fused-ring (bicyclic) bond motifs is 1. The Hall–Kier alpha value is -1.85. The third-order valence-electron chi connectivity index (χ3n) is 3.35. The fourth-order valence-corrected chi connectivity index (χ4v) is 3.15. The SMILES string of the molecule is CNC(C)c1c(F)cccc1Sc1nc2ccccc2o1. The first-order valence-corrected chi connectivity index (χ1v) is 7.50. The Labute approximate surface area is 126 Å². The molecule has 1 N–H and O–H groups in total. The summed E-state index contributed by atoms with van der Waals surface area (Å²) in [7, 11) is 1.81. The highest BCUT2D eigenvalue weighted by Gasteiger charge is 2.17. The standard InChI is InChI=1S/C16H15FN2OS/c1-10(18-2)15-11(17)6-5-9-14(15)21-16-19-12-7-3-4-8-13(12)20-16/h3-10,18H,1-2H3. The lowest BCUT2D eigenvalue weighted by molar-refractivity contribution is 0.488. The van der Waals surface area contributed by atoms with Crippen LogP contribution in [-0.2, 0) is 0 Å². The lowest BCUT2D eigenvalue weighted by Gasteiger charge is -2.15. The van der Waals surface area contributed by atoms with Crippen LogP contribution in [0.15, 0.2) is 57.0 Å². The second-order valence-corrected chi connectivity index (χ2v) is 5.70. The number of oxazole rings is 1. The van der Waals surface area contributed by atoms with E-state index in [9.17, 15) is 4.39 Å². The van der Waals surface area contributed by atoms with Crippen molar-refractivity contribution in [3.05, 3.63) is 53.8 Å². The lowest BCUT2D eigenvalue weighted by atomic mass is 10.1. The predicted molar refractivity (Wildman–Crippen MR) is 82.0 cm³/mol. The average Bonchev–Trinajstić information content (AvgIpc) is 2.89. The maximum Gasteiger partial charge on any atom is 0.261 e. The molecule has 5 heteroatoms. The normalized spacial score (nSPS) is 12.7. The van der Waals surface area contributed by atoms with E-state index in [1.165, 1.54) is 17.8 Å². The molecule has 0 fully saturated rings. The Bertz CT molecular complexity index is 739. The molecule has 21 heavy (non-hydrogen) atoms. The van der Waals surface area contributed by atoms with Crippen LogP contribution in [0.25, 0.3) is 11.1 Å². The van der Waals surface area contributed by atoms with E-state index < -0.39 is 0 Å². The van der Waals surface area contributed by atoms with Gasteiger partial charge in [0.2, 0.25) is 0 Å². The molecule has 0 aliphatic carbocycles. The maximum absolute atomic E-state index is 14.1. The monoisotopic (exact) mass is 302 g/mol. The van der Waals surface area contributed by atoms with E-state index >= 15 is 0 Å². The number of hydrogen-bond donors (Lipinski definition) is 1. The molecule has 2 aromatic carbocycles. The molecule has 0 saturated heterocycles. The Morgan fingerprint density at radius 3 is 2.76 bits per heavy atom. The van der Waals surface area contributed by atoms with Crippen molar-refractivity contribution in [3.63, 3.8) is 0 Å². The summed E-state index contributed by atoms with van der Waals surface area (Å²) in [4.78, 5) is 5.23. The summed E-state index contributed by atoms with van der Waals surface area (Å²) in [6.45, 7) is 1.93. The van der Waals surface area contributed by atoms with Gasteiger partial charge in [-0.05, 0) is 50.0 Å². The zero-order chi connectivity index (χ0) is 14.8. The van der Waals surface area contributed by atoms with E-state index in [1.54, 1.807) is 6.07 Å². The molecule has 3 nitrogen and oxygen atoms in total. The van der Waals surface area contributed by atoms with Crippen LogP contribution in [0, 0.1) is 5.82 Å². The van der Waals surface area contributed by atoms with Crippen molar-refractivity contribution in [1.82, 2.24) is 10.3 Å². The van der Waals surface area contributed by atoms with Gasteiger partial charge in [0.15, 0.2) is 5.58 Å². The first kappa shape index (κ1) is 14.1. The zero-order valence-corrected chi connectivity index (χ0v) is 12.6. The van der Waals surface area contributed by atoms with Gasteiger partial charge in [0.05, 0.1) is 0 Å². The molecule has 0 radical (unpaired) electrons. The summed E-state index contributed by atoms with van der Waals surface area (Å²) in [6, 6.07) is 12.5. The number of benzene rings is 2. The molecule has 1 aromatic heterocycles.